The number of hydrogen-bond donors (Lipinski definition) is 1. The second-order valence-electron chi connectivity index (χ2n) is 8.69. The van der Waals surface area contributed by atoms with Gasteiger partial charge in [0.1, 0.15) is 0 Å². The molecule has 0 aromatic carbocycles. The number of rotatable bonds is 3. The lowest BCUT2D eigenvalue weighted by molar-refractivity contribution is -0.170. The third-order valence-electron chi connectivity index (χ3n) is 5.91. The zero-order chi connectivity index (χ0) is 14.6. The summed E-state index contributed by atoms with van der Waals surface area (Å²) >= 11 is 0. The van der Waals surface area contributed by atoms with Crippen molar-refractivity contribution in [2.75, 3.05) is 0 Å². The van der Waals surface area contributed by atoms with Crippen LogP contribution in [0.25, 0.3) is 0 Å². The quantitative estimate of drug-likeness (QED) is 0.783. The average molecular weight is 273 g/mol. The molecule has 2 nitrogen and oxygen atoms in total. The van der Waals surface area contributed by atoms with Crippen LogP contribution in [0.5, 0.6) is 0 Å². The number of hydrogen-bond acceptors (Lipinski definition) is 1. The molecule has 0 spiro atoms. The van der Waals surface area contributed by atoms with Crippen LogP contribution >= 0.6 is 0 Å². The summed E-state index contributed by atoms with van der Waals surface area (Å²) < 4.78 is 0. The first-order valence-corrected chi connectivity index (χ1v) is 8.03. The SMILES string of the molecule is C#CCC(C)NC(=O)C12CC3CC(C)(CC(C)(C3)C1)C2. The molecule has 4 bridgehead atoms. The Balaban J connectivity index is 1.82. The fourth-order valence-electron chi connectivity index (χ4n) is 6.31. The molecule has 3 unspecified atom stereocenters. The molecule has 4 aliphatic carbocycles. The van der Waals surface area contributed by atoms with Crippen LogP contribution in [0.15, 0.2) is 0 Å². The largest absolute Gasteiger partial charge is 0.352 e. The van der Waals surface area contributed by atoms with Gasteiger partial charge in [0.2, 0.25) is 5.91 Å². The highest BCUT2D eigenvalue weighted by molar-refractivity contribution is 5.83. The van der Waals surface area contributed by atoms with E-state index in [9.17, 15) is 4.79 Å². The Morgan fingerprint density at radius 2 is 1.85 bits per heavy atom. The van der Waals surface area contributed by atoms with Crippen LogP contribution in [0, 0.1) is 34.5 Å². The van der Waals surface area contributed by atoms with Crippen molar-refractivity contribution in [2.45, 2.75) is 71.8 Å². The van der Waals surface area contributed by atoms with Crippen molar-refractivity contribution in [1.29, 1.82) is 0 Å². The first kappa shape index (κ1) is 14.0. The molecule has 4 aliphatic rings. The Morgan fingerprint density at radius 3 is 2.35 bits per heavy atom. The van der Waals surface area contributed by atoms with Crippen molar-refractivity contribution in [1.82, 2.24) is 5.32 Å². The van der Waals surface area contributed by atoms with Crippen molar-refractivity contribution in [3.63, 3.8) is 0 Å². The van der Waals surface area contributed by atoms with Crippen LogP contribution in [0.4, 0.5) is 0 Å². The number of carbonyl (C=O) groups is 1. The predicted molar refractivity (Wildman–Crippen MR) is 80.9 cm³/mol. The Labute approximate surface area is 123 Å². The molecule has 4 saturated carbocycles. The number of amides is 1. The molecule has 0 aromatic rings. The minimum Gasteiger partial charge on any atom is -0.352 e. The van der Waals surface area contributed by atoms with E-state index < -0.39 is 0 Å². The van der Waals surface area contributed by atoms with E-state index in [-0.39, 0.29) is 17.4 Å². The summed E-state index contributed by atoms with van der Waals surface area (Å²) in [7, 11) is 0. The lowest BCUT2D eigenvalue weighted by Gasteiger charge is -2.64. The number of nitrogens with one attached hydrogen (secondary N) is 1. The predicted octanol–water partition coefficient (Wildman–Crippen LogP) is 3.51. The average Bonchev–Trinajstić information content (AvgIpc) is 2.23. The summed E-state index contributed by atoms with van der Waals surface area (Å²) in [6.45, 7) is 6.83. The summed E-state index contributed by atoms with van der Waals surface area (Å²) in [5, 5.41) is 3.19. The summed E-state index contributed by atoms with van der Waals surface area (Å²) in [5.41, 5.74) is 0.674. The van der Waals surface area contributed by atoms with Gasteiger partial charge in [-0.15, -0.1) is 12.3 Å². The van der Waals surface area contributed by atoms with E-state index in [0.29, 0.717) is 17.3 Å². The van der Waals surface area contributed by atoms with E-state index in [1.165, 1.54) is 19.3 Å². The van der Waals surface area contributed by atoms with E-state index in [0.717, 1.165) is 25.2 Å². The minimum atomic E-state index is -0.105. The van der Waals surface area contributed by atoms with Gasteiger partial charge in [-0.25, -0.2) is 0 Å². The molecule has 0 aromatic heterocycles. The maximum absolute atomic E-state index is 12.9. The molecule has 0 radical (unpaired) electrons. The first-order valence-electron chi connectivity index (χ1n) is 8.03. The second-order valence-corrected chi connectivity index (χ2v) is 8.69. The van der Waals surface area contributed by atoms with Gasteiger partial charge < -0.3 is 5.32 Å². The van der Waals surface area contributed by atoms with E-state index in [2.05, 4.69) is 25.1 Å². The van der Waals surface area contributed by atoms with Crippen LogP contribution in [0.2, 0.25) is 0 Å². The smallest absolute Gasteiger partial charge is 0.226 e. The van der Waals surface area contributed by atoms with Crippen LogP contribution in [-0.2, 0) is 4.79 Å². The molecule has 110 valence electrons. The molecule has 4 fully saturated rings. The lowest BCUT2D eigenvalue weighted by atomic mass is 9.40. The number of terminal acetylenes is 1. The van der Waals surface area contributed by atoms with Crippen molar-refractivity contribution >= 4 is 5.91 Å². The molecule has 0 aliphatic heterocycles. The first-order chi connectivity index (χ1) is 9.28. The van der Waals surface area contributed by atoms with E-state index in [4.69, 9.17) is 6.42 Å². The van der Waals surface area contributed by atoms with Gasteiger partial charge in [0.05, 0.1) is 5.41 Å². The minimum absolute atomic E-state index is 0.0983. The van der Waals surface area contributed by atoms with Gasteiger partial charge >= 0.3 is 0 Å². The maximum atomic E-state index is 12.9. The third kappa shape index (κ3) is 2.16. The van der Waals surface area contributed by atoms with Gasteiger partial charge in [-0.3, -0.25) is 4.79 Å². The van der Waals surface area contributed by atoms with Gasteiger partial charge in [-0.05, 0) is 62.2 Å². The van der Waals surface area contributed by atoms with Gasteiger partial charge in [0, 0.05) is 12.5 Å². The maximum Gasteiger partial charge on any atom is 0.226 e. The molecule has 4 rings (SSSR count). The Bertz CT molecular complexity index is 456. The fourth-order valence-corrected chi connectivity index (χ4v) is 6.31. The summed E-state index contributed by atoms with van der Waals surface area (Å²) in [5.74, 6) is 3.69. The van der Waals surface area contributed by atoms with Crippen molar-refractivity contribution in [3.05, 3.63) is 0 Å². The Kier molecular flexibility index (Phi) is 2.98. The highest BCUT2D eigenvalue weighted by Gasteiger charge is 2.62. The third-order valence-corrected chi connectivity index (χ3v) is 5.91. The molecule has 20 heavy (non-hydrogen) atoms. The van der Waals surface area contributed by atoms with Gasteiger partial charge in [-0.1, -0.05) is 13.8 Å². The topological polar surface area (TPSA) is 29.1 Å². The van der Waals surface area contributed by atoms with E-state index >= 15 is 0 Å². The zero-order valence-corrected chi connectivity index (χ0v) is 13.1. The molecule has 2 heteroatoms. The van der Waals surface area contributed by atoms with E-state index in [1.807, 2.05) is 6.92 Å². The molecular weight excluding hydrogens is 246 g/mol. The van der Waals surface area contributed by atoms with Gasteiger partial charge in [0.25, 0.3) is 0 Å². The highest BCUT2D eigenvalue weighted by Crippen LogP contribution is 2.69. The molecule has 0 heterocycles. The molecule has 0 saturated heterocycles. The molecule has 3 atom stereocenters. The van der Waals surface area contributed by atoms with Crippen LogP contribution < -0.4 is 5.32 Å². The Morgan fingerprint density at radius 1 is 1.25 bits per heavy atom. The zero-order valence-electron chi connectivity index (χ0n) is 13.1. The van der Waals surface area contributed by atoms with Crippen molar-refractivity contribution in [3.8, 4) is 12.3 Å². The number of carbonyl (C=O) groups excluding carboxylic acids is 1. The summed E-state index contributed by atoms with van der Waals surface area (Å²) in [4.78, 5) is 12.9. The summed E-state index contributed by atoms with van der Waals surface area (Å²) in [6, 6.07) is 0.0983. The van der Waals surface area contributed by atoms with Crippen LogP contribution in [-0.4, -0.2) is 11.9 Å². The molecule has 1 N–H and O–H groups in total. The monoisotopic (exact) mass is 273 g/mol. The van der Waals surface area contributed by atoms with Gasteiger partial charge in [-0.2, -0.15) is 0 Å². The normalized spacial score (nSPS) is 46.8. The van der Waals surface area contributed by atoms with Crippen molar-refractivity contribution in [2.24, 2.45) is 22.2 Å². The summed E-state index contributed by atoms with van der Waals surface area (Å²) in [6.07, 6.45) is 13.2. The van der Waals surface area contributed by atoms with Crippen molar-refractivity contribution < 1.29 is 4.79 Å². The molecule has 1 amide bonds. The Hall–Kier alpha value is -0.970. The lowest BCUT2D eigenvalue weighted by Crippen LogP contribution is -2.60. The fraction of sp³-hybridized carbons (Fsp3) is 0.833. The van der Waals surface area contributed by atoms with Crippen LogP contribution in [0.1, 0.15) is 65.7 Å². The standard InChI is InChI=1S/C18H27NO/c1-5-6-13(2)19-15(20)18-9-14-7-16(3,11-18)10-17(4,8-14)12-18/h1,13-14H,6-12H2,2-4H3,(H,19,20). The molecular formula is C18H27NO. The highest BCUT2D eigenvalue weighted by atomic mass is 16.2. The van der Waals surface area contributed by atoms with E-state index in [1.54, 1.807) is 0 Å². The van der Waals surface area contributed by atoms with Gasteiger partial charge in [0.15, 0.2) is 0 Å². The van der Waals surface area contributed by atoms with Crippen LogP contribution in [0.3, 0.4) is 0 Å². The second kappa shape index (κ2) is 4.26.